The van der Waals surface area contributed by atoms with Crippen LogP contribution in [0.5, 0.6) is 0 Å². The number of hydrogen-bond donors (Lipinski definition) is 1. The van der Waals surface area contributed by atoms with E-state index in [0.717, 1.165) is 12.8 Å². The molecular formula is C9H8N6O2S. The van der Waals surface area contributed by atoms with Crippen molar-refractivity contribution in [3.8, 4) is 0 Å². The maximum Gasteiger partial charge on any atom is 0.356 e. The number of aromatic carboxylic acids is 1. The molecule has 2 heterocycles. The molecule has 1 aliphatic rings. The molecule has 9 heteroatoms. The number of rotatable bonds is 4. The van der Waals surface area contributed by atoms with E-state index in [2.05, 4.69) is 25.5 Å². The van der Waals surface area contributed by atoms with E-state index in [-0.39, 0.29) is 5.69 Å². The summed E-state index contributed by atoms with van der Waals surface area (Å²) in [6.07, 6.45) is 4.83. The summed E-state index contributed by atoms with van der Waals surface area (Å²) >= 11 is 1.21. The largest absolute Gasteiger partial charge is 0.476 e. The van der Waals surface area contributed by atoms with Crippen molar-refractivity contribution in [3.05, 3.63) is 18.1 Å². The summed E-state index contributed by atoms with van der Waals surface area (Å²) < 4.78 is 1.74. The second-order valence-electron chi connectivity index (χ2n) is 3.79. The molecule has 0 amide bonds. The van der Waals surface area contributed by atoms with Crippen LogP contribution in [-0.2, 0) is 0 Å². The van der Waals surface area contributed by atoms with E-state index in [1.54, 1.807) is 4.68 Å². The number of carbonyl (C=O) groups is 1. The summed E-state index contributed by atoms with van der Waals surface area (Å²) in [4.78, 5) is 18.6. The summed E-state index contributed by atoms with van der Waals surface area (Å²) in [5, 5.41) is 21.3. The van der Waals surface area contributed by atoms with Crippen molar-refractivity contribution >= 4 is 17.7 Å². The summed E-state index contributed by atoms with van der Waals surface area (Å²) in [7, 11) is 0. The Morgan fingerprint density at radius 2 is 2.28 bits per heavy atom. The zero-order valence-electron chi connectivity index (χ0n) is 9.09. The molecule has 2 aromatic rings. The van der Waals surface area contributed by atoms with Crippen LogP contribution in [0.1, 0.15) is 29.4 Å². The Kier molecular flexibility index (Phi) is 2.67. The average Bonchev–Trinajstić information content (AvgIpc) is 3.11. The fourth-order valence-corrected chi connectivity index (χ4v) is 2.20. The monoisotopic (exact) mass is 264 g/mol. The van der Waals surface area contributed by atoms with Crippen LogP contribution >= 0.6 is 11.8 Å². The van der Waals surface area contributed by atoms with E-state index in [9.17, 15) is 4.79 Å². The predicted octanol–water partition coefficient (Wildman–Crippen LogP) is 0.647. The van der Waals surface area contributed by atoms with Crippen molar-refractivity contribution < 1.29 is 9.90 Å². The molecule has 0 aromatic carbocycles. The normalized spacial score (nSPS) is 14.7. The van der Waals surface area contributed by atoms with Gasteiger partial charge in [0.25, 0.3) is 0 Å². The highest BCUT2D eigenvalue weighted by Crippen LogP contribution is 2.37. The van der Waals surface area contributed by atoms with Gasteiger partial charge in [-0.25, -0.2) is 14.5 Å². The predicted molar refractivity (Wildman–Crippen MR) is 59.2 cm³/mol. The Morgan fingerprint density at radius 3 is 3.00 bits per heavy atom. The molecule has 8 nitrogen and oxygen atoms in total. The fourth-order valence-electron chi connectivity index (χ4n) is 1.39. The minimum Gasteiger partial charge on any atom is -0.476 e. The van der Waals surface area contributed by atoms with E-state index >= 15 is 0 Å². The molecule has 92 valence electrons. The number of aromatic nitrogens is 6. The molecule has 1 N–H and O–H groups in total. The first kappa shape index (κ1) is 11.1. The van der Waals surface area contributed by atoms with Crippen LogP contribution in [0.15, 0.2) is 22.6 Å². The molecule has 0 radical (unpaired) electrons. The lowest BCUT2D eigenvalue weighted by atomic mass is 10.5. The van der Waals surface area contributed by atoms with Crippen molar-refractivity contribution in [1.29, 1.82) is 0 Å². The lowest BCUT2D eigenvalue weighted by molar-refractivity contribution is 0.0689. The molecule has 0 bridgehead atoms. The molecule has 1 aliphatic carbocycles. The van der Waals surface area contributed by atoms with Crippen LogP contribution in [0.25, 0.3) is 0 Å². The van der Waals surface area contributed by atoms with E-state index < -0.39 is 5.97 Å². The smallest absolute Gasteiger partial charge is 0.356 e. The van der Waals surface area contributed by atoms with Crippen molar-refractivity contribution in [2.24, 2.45) is 0 Å². The standard InChI is InChI=1S/C9H8N6O2S/c16-8(17)6-3-10-4-7(11-6)18-9-12-13-14-15(9)5-1-2-5/h3-5H,1-2H2,(H,16,17). The molecule has 0 aliphatic heterocycles. The van der Waals surface area contributed by atoms with Crippen molar-refractivity contribution in [1.82, 2.24) is 30.2 Å². The van der Waals surface area contributed by atoms with E-state index in [0.29, 0.717) is 16.2 Å². The molecule has 1 fully saturated rings. The molecule has 18 heavy (non-hydrogen) atoms. The van der Waals surface area contributed by atoms with Crippen LogP contribution < -0.4 is 0 Å². The number of nitrogens with zero attached hydrogens (tertiary/aromatic N) is 6. The highest BCUT2D eigenvalue weighted by molar-refractivity contribution is 7.99. The summed E-state index contributed by atoms with van der Waals surface area (Å²) in [5.41, 5.74) is -0.0922. The van der Waals surface area contributed by atoms with Gasteiger partial charge in [-0.1, -0.05) is 0 Å². The Labute approximate surface area is 105 Å². The Bertz CT molecular complexity index is 596. The zero-order valence-corrected chi connectivity index (χ0v) is 9.91. The van der Waals surface area contributed by atoms with E-state index in [4.69, 9.17) is 5.11 Å². The van der Waals surface area contributed by atoms with Crippen molar-refractivity contribution in [2.75, 3.05) is 0 Å². The van der Waals surface area contributed by atoms with Crippen LogP contribution in [-0.4, -0.2) is 41.3 Å². The van der Waals surface area contributed by atoms with Gasteiger partial charge in [0.1, 0.15) is 5.03 Å². The molecule has 3 rings (SSSR count). The van der Waals surface area contributed by atoms with Gasteiger partial charge in [-0.3, -0.25) is 4.98 Å². The van der Waals surface area contributed by atoms with E-state index in [1.165, 1.54) is 24.2 Å². The summed E-state index contributed by atoms with van der Waals surface area (Å²) in [5.74, 6) is -1.10. The SMILES string of the molecule is O=C(O)c1cncc(Sc2nnnn2C2CC2)n1. The molecular weight excluding hydrogens is 256 g/mol. The maximum absolute atomic E-state index is 10.8. The quantitative estimate of drug-likeness (QED) is 0.857. The third kappa shape index (κ3) is 2.16. The topological polar surface area (TPSA) is 107 Å². The highest BCUT2D eigenvalue weighted by atomic mass is 32.2. The van der Waals surface area contributed by atoms with Gasteiger partial charge in [-0.05, 0) is 35.0 Å². The molecule has 1 saturated carbocycles. The second-order valence-corrected chi connectivity index (χ2v) is 4.77. The van der Waals surface area contributed by atoms with Gasteiger partial charge < -0.3 is 5.11 Å². The Morgan fingerprint density at radius 1 is 1.44 bits per heavy atom. The van der Waals surface area contributed by atoms with Crippen molar-refractivity contribution in [2.45, 2.75) is 29.1 Å². The van der Waals surface area contributed by atoms with Gasteiger partial charge in [-0.2, -0.15) is 0 Å². The number of hydrogen-bond acceptors (Lipinski definition) is 7. The Hall–Kier alpha value is -2.03. The molecule has 0 unspecified atom stereocenters. The van der Waals surface area contributed by atoms with Crippen LogP contribution in [0.4, 0.5) is 0 Å². The minimum atomic E-state index is -1.10. The summed E-state index contributed by atoms with van der Waals surface area (Å²) in [6, 6.07) is 0.359. The second kappa shape index (κ2) is 4.33. The summed E-state index contributed by atoms with van der Waals surface area (Å²) in [6.45, 7) is 0. The average molecular weight is 264 g/mol. The molecule has 0 saturated heterocycles. The highest BCUT2D eigenvalue weighted by Gasteiger charge is 2.28. The lowest BCUT2D eigenvalue weighted by Gasteiger charge is -2.01. The molecule has 0 atom stereocenters. The maximum atomic E-state index is 10.8. The van der Waals surface area contributed by atoms with Gasteiger partial charge in [0.15, 0.2) is 5.69 Å². The lowest BCUT2D eigenvalue weighted by Crippen LogP contribution is -2.03. The number of carboxylic acids is 1. The van der Waals surface area contributed by atoms with Gasteiger partial charge in [0, 0.05) is 0 Å². The fraction of sp³-hybridized carbons (Fsp3) is 0.333. The molecule has 0 spiro atoms. The first-order valence-electron chi connectivity index (χ1n) is 5.25. The van der Waals surface area contributed by atoms with Crippen LogP contribution in [0.2, 0.25) is 0 Å². The third-order valence-electron chi connectivity index (χ3n) is 2.38. The third-order valence-corrected chi connectivity index (χ3v) is 3.24. The van der Waals surface area contributed by atoms with Gasteiger partial charge in [0.2, 0.25) is 5.16 Å². The first-order valence-corrected chi connectivity index (χ1v) is 6.07. The molecule has 2 aromatic heterocycles. The first-order chi connectivity index (χ1) is 8.74. The van der Waals surface area contributed by atoms with Crippen LogP contribution in [0, 0.1) is 0 Å². The van der Waals surface area contributed by atoms with Gasteiger partial charge in [-0.15, -0.1) is 5.10 Å². The Balaban J connectivity index is 1.85. The van der Waals surface area contributed by atoms with Gasteiger partial charge in [0.05, 0.1) is 18.4 Å². The van der Waals surface area contributed by atoms with Crippen LogP contribution in [0.3, 0.4) is 0 Å². The minimum absolute atomic E-state index is 0.0922. The number of carboxylic acid groups (broad SMARTS) is 1. The van der Waals surface area contributed by atoms with Crippen molar-refractivity contribution in [3.63, 3.8) is 0 Å². The number of tetrazole rings is 1. The van der Waals surface area contributed by atoms with E-state index in [1.807, 2.05) is 0 Å². The zero-order chi connectivity index (χ0) is 12.5. The van der Waals surface area contributed by atoms with Gasteiger partial charge >= 0.3 is 5.97 Å².